The van der Waals surface area contributed by atoms with Crippen molar-refractivity contribution in [2.75, 3.05) is 0 Å². The third-order valence-corrected chi connectivity index (χ3v) is 4.19. The smallest absolute Gasteiger partial charge is 0.172 e. The zero-order chi connectivity index (χ0) is 20.8. The van der Waals surface area contributed by atoms with E-state index in [-0.39, 0.29) is 18.8 Å². The molecule has 28 heavy (non-hydrogen) atoms. The van der Waals surface area contributed by atoms with E-state index in [9.17, 15) is 5.11 Å². The minimum absolute atomic E-state index is 0.0331. The summed E-state index contributed by atoms with van der Waals surface area (Å²) in [7, 11) is 0. The molecule has 0 heterocycles. The van der Waals surface area contributed by atoms with Crippen LogP contribution in [0.15, 0.2) is 36.9 Å². The average molecular weight is 405 g/mol. The van der Waals surface area contributed by atoms with Gasteiger partial charge in [-0.2, -0.15) is 0 Å². The Morgan fingerprint density at radius 3 is 2.21 bits per heavy atom. The number of aliphatic hydroxyl groups is 1. The van der Waals surface area contributed by atoms with Gasteiger partial charge in [-0.15, -0.1) is 6.58 Å². The molecular weight excluding hydrogens is 376 g/mol. The summed E-state index contributed by atoms with van der Waals surface area (Å²) in [5, 5.41) is 9.95. The highest BCUT2D eigenvalue weighted by atomic mass is 35.5. The molecule has 4 nitrogen and oxygen atoms in total. The molecule has 0 aliphatic rings. The Kier molecular flexibility index (Phi) is 7.78. The Hall–Kier alpha value is -2.17. The maximum atomic E-state index is 9.50. The number of rotatable bonds is 9. The van der Waals surface area contributed by atoms with Crippen molar-refractivity contribution < 1.29 is 19.3 Å². The van der Waals surface area contributed by atoms with E-state index < -0.39 is 0 Å². The summed E-state index contributed by atoms with van der Waals surface area (Å²) in [4.78, 5) is 0. The van der Waals surface area contributed by atoms with Crippen LogP contribution in [0.1, 0.15) is 44.4 Å². The van der Waals surface area contributed by atoms with Gasteiger partial charge in [0, 0.05) is 11.6 Å². The quantitative estimate of drug-likeness (QED) is 0.503. The van der Waals surface area contributed by atoms with Gasteiger partial charge in [0.2, 0.25) is 0 Å². The first-order chi connectivity index (χ1) is 13.2. The van der Waals surface area contributed by atoms with E-state index in [1.54, 1.807) is 12.1 Å². The molecule has 0 unspecified atom stereocenters. The molecule has 0 atom stereocenters. The second-order valence-corrected chi connectivity index (χ2v) is 7.62. The van der Waals surface area contributed by atoms with E-state index in [0.717, 1.165) is 22.4 Å². The fourth-order valence-corrected chi connectivity index (χ4v) is 3.01. The van der Waals surface area contributed by atoms with Crippen LogP contribution in [-0.4, -0.2) is 17.3 Å². The van der Waals surface area contributed by atoms with Crippen LogP contribution in [0.2, 0.25) is 5.02 Å². The Labute approximate surface area is 172 Å². The lowest BCUT2D eigenvalue weighted by molar-refractivity contribution is 0.230. The Bertz CT molecular complexity index is 828. The predicted octanol–water partition coefficient (Wildman–Crippen LogP) is 6.24. The van der Waals surface area contributed by atoms with Gasteiger partial charge in [0.05, 0.1) is 23.8 Å². The minimum Gasteiger partial charge on any atom is -0.491 e. The standard InChI is InChI=1S/C23H29ClO4/c1-7-8-18-11-21(19(24)12-20(18)26-14(2)3)28-23-16(6)9-17(13-25)10-22(23)27-15(4)5/h7,9-12,14-15,25H,1,8,13H2,2-6H3. The number of aryl methyl sites for hydroxylation is 1. The molecular formula is C23H29ClO4. The first-order valence-corrected chi connectivity index (χ1v) is 9.81. The SMILES string of the molecule is C=CCc1cc(Oc2c(C)cc(CO)cc2OC(C)C)c(Cl)cc1OC(C)C. The monoisotopic (exact) mass is 404 g/mol. The van der Waals surface area contributed by atoms with Gasteiger partial charge in [-0.1, -0.05) is 17.7 Å². The third kappa shape index (κ3) is 5.66. The van der Waals surface area contributed by atoms with Crippen LogP contribution >= 0.6 is 11.6 Å². The van der Waals surface area contributed by atoms with Gasteiger partial charge in [0.25, 0.3) is 0 Å². The van der Waals surface area contributed by atoms with E-state index >= 15 is 0 Å². The largest absolute Gasteiger partial charge is 0.491 e. The predicted molar refractivity (Wildman–Crippen MR) is 114 cm³/mol. The molecule has 0 aliphatic heterocycles. The van der Waals surface area contributed by atoms with Gasteiger partial charge < -0.3 is 19.3 Å². The fourth-order valence-electron chi connectivity index (χ4n) is 2.82. The summed E-state index contributed by atoms with van der Waals surface area (Å²) in [6.45, 7) is 13.5. The summed E-state index contributed by atoms with van der Waals surface area (Å²) in [6, 6.07) is 7.31. The van der Waals surface area contributed by atoms with E-state index in [4.69, 9.17) is 25.8 Å². The zero-order valence-corrected chi connectivity index (χ0v) is 18.0. The lowest BCUT2D eigenvalue weighted by Gasteiger charge is -2.20. The van der Waals surface area contributed by atoms with Crippen LogP contribution < -0.4 is 14.2 Å². The van der Waals surface area contributed by atoms with Gasteiger partial charge in [0.15, 0.2) is 11.5 Å². The van der Waals surface area contributed by atoms with Gasteiger partial charge >= 0.3 is 0 Å². The van der Waals surface area contributed by atoms with E-state index in [0.29, 0.717) is 28.7 Å². The number of hydrogen-bond acceptors (Lipinski definition) is 4. The van der Waals surface area contributed by atoms with Crippen molar-refractivity contribution >= 4 is 11.6 Å². The van der Waals surface area contributed by atoms with Crippen molar-refractivity contribution in [1.29, 1.82) is 0 Å². The lowest BCUT2D eigenvalue weighted by Crippen LogP contribution is -2.09. The molecule has 0 saturated carbocycles. The van der Waals surface area contributed by atoms with Gasteiger partial charge in [-0.25, -0.2) is 0 Å². The molecule has 2 rings (SSSR count). The molecule has 5 heteroatoms. The first-order valence-electron chi connectivity index (χ1n) is 9.44. The molecule has 0 spiro atoms. The average Bonchev–Trinajstić information content (AvgIpc) is 2.60. The van der Waals surface area contributed by atoms with Crippen LogP contribution in [0.4, 0.5) is 0 Å². The van der Waals surface area contributed by atoms with Crippen molar-refractivity contribution in [2.24, 2.45) is 0 Å². The molecule has 0 aromatic heterocycles. The summed E-state index contributed by atoms with van der Waals surface area (Å²) < 4.78 is 18.0. The molecule has 1 N–H and O–H groups in total. The topological polar surface area (TPSA) is 47.9 Å². The van der Waals surface area contributed by atoms with Crippen LogP contribution in [0.5, 0.6) is 23.0 Å². The maximum Gasteiger partial charge on any atom is 0.172 e. The molecule has 0 bridgehead atoms. The highest BCUT2D eigenvalue weighted by molar-refractivity contribution is 6.32. The number of ether oxygens (including phenoxy) is 3. The van der Waals surface area contributed by atoms with Gasteiger partial charge in [-0.3, -0.25) is 0 Å². The molecule has 152 valence electrons. The molecule has 0 fully saturated rings. The molecule has 2 aromatic rings. The Balaban J connectivity index is 2.49. The highest BCUT2D eigenvalue weighted by Gasteiger charge is 2.17. The Morgan fingerprint density at radius 2 is 1.64 bits per heavy atom. The number of aliphatic hydroxyl groups excluding tert-OH is 1. The van der Waals surface area contributed by atoms with Crippen LogP contribution in [-0.2, 0) is 13.0 Å². The normalized spacial score (nSPS) is 11.0. The lowest BCUT2D eigenvalue weighted by atomic mass is 10.1. The van der Waals surface area contributed by atoms with Gasteiger partial charge in [0.1, 0.15) is 11.5 Å². The molecule has 2 aromatic carbocycles. The summed E-state index contributed by atoms with van der Waals surface area (Å²) in [5.74, 6) is 2.39. The van der Waals surface area contributed by atoms with E-state index in [1.165, 1.54) is 0 Å². The van der Waals surface area contributed by atoms with Crippen molar-refractivity contribution in [2.45, 2.75) is 59.9 Å². The van der Waals surface area contributed by atoms with Crippen LogP contribution in [0.3, 0.4) is 0 Å². The van der Waals surface area contributed by atoms with Crippen molar-refractivity contribution in [1.82, 2.24) is 0 Å². The van der Waals surface area contributed by atoms with Crippen LogP contribution in [0, 0.1) is 6.92 Å². The molecule has 0 saturated heterocycles. The number of allylic oxidation sites excluding steroid dienone is 1. The number of benzene rings is 2. The van der Waals surface area contributed by atoms with Crippen molar-refractivity contribution in [3.8, 4) is 23.0 Å². The maximum absolute atomic E-state index is 9.50. The highest BCUT2D eigenvalue weighted by Crippen LogP contribution is 2.41. The second kappa shape index (κ2) is 9.85. The van der Waals surface area contributed by atoms with Gasteiger partial charge in [-0.05, 0) is 70.4 Å². The summed E-state index contributed by atoms with van der Waals surface area (Å²) in [6.07, 6.45) is 2.44. The van der Waals surface area contributed by atoms with Crippen molar-refractivity contribution in [3.05, 3.63) is 58.6 Å². The Morgan fingerprint density at radius 1 is 1.00 bits per heavy atom. The molecule has 0 aliphatic carbocycles. The molecule has 0 amide bonds. The first kappa shape index (κ1) is 22.1. The van der Waals surface area contributed by atoms with E-state index in [1.807, 2.05) is 52.8 Å². The number of hydrogen-bond donors (Lipinski definition) is 1. The molecule has 0 radical (unpaired) electrons. The second-order valence-electron chi connectivity index (χ2n) is 7.22. The third-order valence-electron chi connectivity index (χ3n) is 3.90. The van der Waals surface area contributed by atoms with Crippen molar-refractivity contribution in [3.63, 3.8) is 0 Å². The van der Waals surface area contributed by atoms with E-state index in [2.05, 4.69) is 6.58 Å². The minimum atomic E-state index is -0.0684. The summed E-state index contributed by atoms with van der Waals surface area (Å²) in [5.41, 5.74) is 2.56. The van der Waals surface area contributed by atoms with Crippen LogP contribution in [0.25, 0.3) is 0 Å². The fraction of sp³-hybridized carbons (Fsp3) is 0.391. The summed E-state index contributed by atoms with van der Waals surface area (Å²) >= 11 is 6.49. The number of halogens is 1. The zero-order valence-electron chi connectivity index (χ0n) is 17.2.